The summed E-state index contributed by atoms with van der Waals surface area (Å²) in [5.74, 6) is -0.0406. The van der Waals surface area contributed by atoms with Crippen LogP contribution in [0.5, 0.6) is 0 Å². The lowest BCUT2D eigenvalue weighted by Crippen LogP contribution is -2.10. The average molecular weight is 228 g/mol. The number of tetrazole rings is 1. The number of primary amides is 1. The summed E-state index contributed by atoms with van der Waals surface area (Å²) in [5, 5.41) is 14.2. The van der Waals surface area contributed by atoms with Gasteiger partial charge in [0.15, 0.2) is 0 Å². The van der Waals surface area contributed by atoms with E-state index in [9.17, 15) is 4.79 Å². The summed E-state index contributed by atoms with van der Waals surface area (Å²) >= 11 is 0. The number of H-pyrrole nitrogens is 1. The lowest BCUT2D eigenvalue weighted by molar-refractivity contribution is 0.100. The Labute approximate surface area is 95.2 Å². The molecule has 2 heterocycles. The number of rotatable bonds is 2. The fourth-order valence-corrected chi connectivity index (χ4v) is 1.81. The minimum absolute atomic E-state index is 0.439. The lowest BCUT2D eigenvalue weighted by atomic mass is 10.2. The van der Waals surface area contributed by atoms with Gasteiger partial charge in [0.1, 0.15) is 0 Å². The van der Waals surface area contributed by atoms with Crippen LogP contribution in [0.2, 0.25) is 0 Å². The van der Waals surface area contributed by atoms with E-state index < -0.39 is 5.91 Å². The zero-order chi connectivity index (χ0) is 11.8. The second-order valence-electron chi connectivity index (χ2n) is 3.52. The summed E-state index contributed by atoms with van der Waals surface area (Å²) in [6.07, 6.45) is 1.62. The smallest absolute Gasteiger partial charge is 0.251 e. The van der Waals surface area contributed by atoms with Crippen molar-refractivity contribution in [1.29, 1.82) is 0 Å². The number of para-hydroxylation sites is 1. The number of amides is 1. The summed E-state index contributed by atoms with van der Waals surface area (Å²) in [6, 6.07) is 7.41. The first-order valence-electron chi connectivity index (χ1n) is 4.91. The number of nitrogens with zero attached hydrogens (tertiary/aromatic N) is 4. The number of hydrogen-bond acceptors (Lipinski definition) is 4. The minimum atomic E-state index is -0.479. The molecule has 0 saturated carbocycles. The standard InChI is InChI=1S/C10H8N6O/c11-9(17)7-5-16(10-12-14-15-13-10)8-4-2-1-3-6(7)8/h1-5H,(H2,11,17)(H,12,13,14,15). The molecule has 0 atom stereocenters. The van der Waals surface area contributed by atoms with Crippen LogP contribution >= 0.6 is 0 Å². The summed E-state index contributed by atoms with van der Waals surface area (Å²) in [5.41, 5.74) is 6.59. The highest BCUT2D eigenvalue weighted by Crippen LogP contribution is 2.22. The molecule has 7 nitrogen and oxygen atoms in total. The second-order valence-corrected chi connectivity index (χ2v) is 3.52. The summed E-state index contributed by atoms with van der Waals surface area (Å²) in [7, 11) is 0. The average Bonchev–Trinajstić information content (AvgIpc) is 2.95. The monoisotopic (exact) mass is 228 g/mol. The van der Waals surface area contributed by atoms with Crippen LogP contribution < -0.4 is 5.73 Å². The largest absolute Gasteiger partial charge is 0.366 e. The van der Waals surface area contributed by atoms with Crippen molar-refractivity contribution in [3.63, 3.8) is 0 Å². The van der Waals surface area contributed by atoms with Crippen LogP contribution in [-0.2, 0) is 0 Å². The van der Waals surface area contributed by atoms with Gasteiger partial charge in [-0.25, -0.2) is 5.10 Å². The number of hydrogen-bond donors (Lipinski definition) is 2. The molecule has 1 amide bonds. The molecule has 0 unspecified atom stereocenters. The van der Waals surface area contributed by atoms with Gasteiger partial charge >= 0.3 is 0 Å². The third-order valence-corrected chi connectivity index (χ3v) is 2.54. The Morgan fingerprint density at radius 2 is 2.18 bits per heavy atom. The van der Waals surface area contributed by atoms with Gasteiger partial charge in [-0.2, -0.15) is 0 Å². The van der Waals surface area contributed by atoms with Gasteiger partial charge < -0.3 is 5.73 Å². The van der Waals surface area contributed by atoms with Crippen molar-refractivity contribution in [2.24, 2.45) is 5.73 Å². The first-order valence-corrected chi connectivity index (χ1v) is 4.91. The van der Waals surface area contributed by atoms with Crippen molar-refractivity contribution in [2.75, 3.05) is 0 Å². The first kappa shape index (κ1) is 9.52. The van der Waals surface area contributed by atoms with Crippen LogP contribution in [0.15, 0.2) is 30.5 Å². The van der Waals surface area contributed by atoms with E-state index in [-0.39, 0.29) is 0 Å². The number of nitrogens with two attached hydrogens (primary N) is 1. The van der Waals surface area contributed by atoms with E-state index in [0.29, 0.717) is 11.5 Å². The zero-order valence-corrected chi connectivity index (χ0v) is 8.66. The molecule has 0 aliphatic heterocycles. The van der Waals surface area contributed by atoms with E-state index in [2.05, 4.69) is 20.6 Å². The van der Waals surface area contributed by atoms with E-state index in [4.69, 9.17) is 5.73 Å². The van der Waals surface area contributed by atoms with Crippen LogP contribution in [0.25, 0.3) is 16.9 Å². The molecule has 3 aromatic rings. The number of carbonyl (C=O) groups excluding carboxylic acids is 1. The Morgan fingerprint density at radius 3 is 2.88 bits per heavy atom. The quantitative estimate of drug-likeness (QED) is 0.655. The number of benzene rings is 1. The van der Waals surface area contributed by atoms with E-state index in [1.54, 1.807) is 10.8 Å². The number of aromatic nitrogens is 5. The van der Waals surface area contributed by atoms with Crippen molar-refractivity contribution in [3.05, 3.63) is 36.0 Å². The number of nitrogens with one attached hydrogen (secondary N) is 1. The maximum atomic E-state index is 11.3. The minimum Gasteiger partial charge on any atom is -0.366 e. The van der Waals surface area contributed by atoms with Gasteiger partial charge in [-0.05, 0) is 16.5 Å². The van der Waals surface area contributed by atoms with Crippen LogP contribution in [0.1, 0.15) is 10.4 Å². The maximum absolute atomic E-state index is 11.3. The molecule has 0 bridgehead atoms. The molecule has 2 aromatic heterocycles. The SMILES string of the molecule is NC(=O)c1cn(-c2nnn[nH]2)c2ccccc12. The van der Waals surface area contributed by atoms with Gasteiger partial charge in [0.25, 0.3) is 11.9 Å². The highest BCUT2D eigenvalue weighted by molar-refractivity contribution is 6.06. The molecule has 0 spiro atoms. The van der Waals surface area contributed by atoms with Crippen molar-refractivity contribution in [2.45, 2.75) is 0 Å². The van der Waals surface area contributed by atoms with Crippen molar-refractivity contribution in [1.82, 2.24) is 25.2 Å². The highest BCUT2D eigenvalue weighted by atomic mass is 16.1. The predicted octanol–water partition coefficient (Wildman–Crippen LogP) is 0.242. The Kier molecular flexibility index (Phi) is 1.91. The maximum Gasteiger partial charge on any atom is 0.251 e. The molecule has 3 rings (SSSR count). The van der Waals surface area contributed by atoms with Crippen LogP contribution in [0, 0.1) is 0 Å². The summed E-state index contributed by atoms with van der Waals surface area (Å²) in [6.45, 7) is 0. The molecular weight excluding hydrogens is 220 g/mol. The summed E-state index contributed by atoms with van der Waals surface area (Å²) < 4.78 is 1.69. The lowest BCUT2D eigenvalue weighted by Gasteiger charge is -1.97. The Morgan fingerprint density at radius 1 is 1.35 bits per heavy atom. The first-order chi connectivity index (χ1) is 8.27. The molecule has 0 aliphatic carbocycles. The van der Waals surface area contributed by atoms with Gasteiger partial charge in [0.05, 0.1) is 11.1 Å². The topological polar surface area (TPSA) is 102 Å². The molecule has 7 heteroatoms. The van der Waals surface area contributed by atoms with Gasteiger partial charge in [0.2, 0.25) is 0 Å². The number of fused-ring (bicyclic) bond motifs is 1. The van der Waals surface area contributed by atoms with Crippen molar-refractivity contribution < 1.29 is 4.79 Å². The predicted molar refractivity (Wildman–Crippen MR) is 59.5 cm³/mol. The Hall–Kier alpha value is -2.70. The van der Waals surface area contributed by atoms with Gasteiger partial charge in [-0.3, -0.25) is 9.36 Å². The van der Waals surface area contributed by atoms with Crippen LogP contribution in [-0.4, -0.2) is 31.1 Å². The number of carbonyl (C=O) groups is 1. The third kappa shape index (κ3) is 1.36. The van der Waals surface area contributed by atoms with Crippen molar-refractivity contribution in [3.8, 4) is 5.95 Å². The molecule has 17 heavy (non-hydrogen) atoms. The molecule has 0 saturated heterocycles. The van der Waals surface area contributed by atoms with Gasteiger partial charge in [0, 0.05) is 11.6 Å². The van der Waals surface area contributed by atoms with Crippen LogP contribution in [0.3, 0.4) is 0 Å². The molecule has 0 fully saturated rings. The Bertz CT molecular complexity index is 684. The fraction of sp³-hybridized carbons (Fsp3) is 0. The second kappa shape index (κ2) is 3.41. The molecule has 84 valence electrons. The fourth-order valence-electron chi connectivity index (χ4n) is 1.81. The van der Waals surface area contributed by atoms with Gasteiger partial charge in [-0.1, -0.05) is 23.3 Å². The molecule has 0 aliphatic rings. The van der Waals surface area contributed by atoms with Crippen molar-refractivity contribution >= 4 is 16.8 Å². The zero-order valence-electron chi connectivity index (χ0n) is 8.66. The molecule has 3 N–H and O–H groups in total. The molecular formula is C10H8N6O. The van der Waals surface area contributed by atoms with Crippen LogP contribution in [0.4, 0.5) is 0 Å². The third-order valence-electron chi connectivity index (χ3n) is 2.54. The summed E-state index contributed by atoms with van der Waals surface area (Å²) in [4.78, 5) is 11.3. The van der Waals surface area contributed by atoms with E-state index in [1.165, 1.54) is 0 Å². The highest BCUT2D eigenvalue weighted by Gasteiger charge is 2.14. The van der Waals surface area contributed by atoms with E-state index in [1.807, 2.05) is 24.3 Å². The van der Waals surface area contributed by atoms with Gasteiger partial charge in [-0.15, -0.1) is 0 Å². The normalized spacial score (nSPS) is 10.8. The number of aromatic amines is 1. The van der Waals surface area contributed by atoms with E-state index in [0.717, 1.165) is 10.9 Å². The Balaban J connectivity index is 2.37. The molecule has 1 aromatic carbocycles. The molecule has 0 radical (unpaired) electrons. The van der Waals surface area contributed by atoms with E-state index >= 15 is 0 Å².